The Hall–Kier alpha value is -1.51. The van der Waals surface area contributed by atoms with Crippen LogP contribution in [0.4, 0.5) is 5.82 Å². The molecule has 4 rings (SSSR count). The van der Waals surface area contributed by atoms with Gasteiger partial charge in [0.25, 0.3) is 0 Å². The van der Waals surface area contributed by atoms with Crippen molar-refractivity contribution in [3.05, 3.63) is 6.33 Å². The normalized spacial score (nSPS) is 26.5. The Morgan fingerprint density at radius 3 is 2.85 bits per heavy atom. The summed E-state index contributed by atoms with van der Waals surface area (Å²) in [4.78, 5) is 8.34. The highest BCUT2D eigenvalue weighted by Crippen LogP contribution is 2.41. The highest BCUT2D eigenvalue weighted by atomic mass is 32.2. The van der Waals surface area contributed by atoms with Crippen molar-refractivity contribution >= 4 is 38.9 Å². The van der Waals surface area contributed by atoms with Gasteiger partial charge in [-0.3, -0.25) is 4.18 Å². The largest absolute Gasteiger partial charge is 0.390 e. The molecule has 1 aliphatic heterocycles. The molecule has 0 bridgehead atoms. The molecule has 1 saturated heterocycles. The quantitative estimate of drug-likeness (QED) is 0.579. The van der Waals surface area contributed by atoms with Crippen LogP contribution >= 0.6 is 11.8 Å². The number of aromatic nitrogens is 4. The van der Waals surface area contributed by atoms with Gasteiger partial charge in [-0.1, -0.05) is 6.42 Å². The fraction of sp³-hybridized carbons (Fsp3) is 0.643. The third-order valence-electron chi connectivity index (χ3n) is 4.69. The molecule has 3 heterocycles. The number of aliphatic hydroxyl groups excluding tert-OH is 1. The van der Waals surface area contributed by atoms with Crippen LogP contribution in [-0.2, 0) is 19.2 Å². The lowest BCUT2D eigenvalue weighted by atomic mass is 10.0. The van der Waals surface area contributed by atoms with Gasteiger partial charge in [-0.25, -0.2) is 19.8 Å². The Kier molecular flexibility index (Phi) is 4.98. The number of thioether (sulfide) groups is 1. The summed E-state index contributed by atoms with van der Waals surface area (Å²) in [6.45, 7) is -0.378. The second-order valence-corrected chi connectivity index (χ2v) is 9.10. The van der Waals surface area contributed by atoms with Gasteiger partial charge in [0, 0.05) is 11.7 Å². The molecule has 5 N–H and O–H groups in total. The van der Waals surface area contributed by atoms with E-state index in [2.05, 4.69) is 19.2 Å². The van der Waals surface area contributed by atoms with Crippen LogP contribution in [0.15, 0.2) is 11.4 Å². The van der Waals surface area contributed by atoms with Crippen molar-refractivity contribution in [2.75, 3.05) is 12.3 Å². The fourth-order valence-electron chi connectivity index (χ4n) is 3.07. The predicted molar refractivity (Wildman–Crippen MR) is 96.8 cm³/mol. The Balaban J connectivity index is 1.61. The summed E-state index contributed by atoms with van der Waals surface area (Å²) < 4.78 is 33.8. The predicted octanol–water partition coefficient (Wildman–Crippen LogP) is -0.0784. The van der Waals surface area contributed by atoms with Gasteiger partial charge < -0.3 is 15.6 Å². The molecule has 148 valence electrons. The highest BCUT2D eigenvalue weighted by molar-refractivity contribution is 8.00. The van der Waals surface area contributed by atoms with E-state index in [0.29, 0.717) is 22.1 Å². The number of nitrogens with zero attached hydrogens (tertiary/aromatic N) is 4. The SMILES string of the molecule is Nc1ncnc2c1c(SC1CCC1)nn2[C@H]1C[C@H](O)[C@@H](COS(N)(=O)=O)O1. The molecule has 2 aromatic heterocycles. The topological polar surface area (TPSA) is 168 Å². The van der Waals surface area contributed by atoms with Crippen LogP contribution in [0.1, 0.15) is 31.9 Å². The zero-order valence-electron chi connectivity index (χ0n) is 14.3. The Bertz CT molecular complexity index is 947. The van der Waals surface area contributed by atoms with Crippen molar-refractivity contribution in [2.45, 2.75) is 54.4 Å². The van der Waals surface area contributed by atoms with E-state index in [1.54, 1.807) is 16.4 Å². The van der Waals surface area contributed by atoms with Crippen molar-refractivity contribution in [2.24, 2.45) is 5.14 Å². The molecule has 1 saturated carbocycles. The van der Waals surface area contributed by atoms with Gasteiger partial charge >= 0.3 is 10.3 Å². The van der Waals surface area contributed by atoms with Crippen LogP contribution < -0.4 is 10.9 Å². The summed E-state index contributed by atoms with van der Waals surface area (Å²) in [5, 5.41) is 21.5. The summed E-state index contributed by atoms with van der Waals surface area (Å²) in [5.41, 5.74) is 6.55. The molecule has 13 heteroatoms. The summed E-state index contributed by atoms with van der Waals surface area (Å²) in [5.74, 6) is 0.334. The summed E-state index contributed by atoms with van der Waals surface area (Å²) in [6.07, 6.45) is 2.57. The minimum absolute atomic E-state index is 0.201. The molecule has 0 aromatic carbocycles. The van der Waals surface area contributed by atoms with Crippen molar-refractivity contribution < 1.29 is 22.4 Å². The molecule has 11 nitrogen and oxygen atoms in total. The minimum atomic E-state index is -4.12. The standard InChI is InChI=1S/C14H20N6O5S2/c15-12-11-13(18-6-17-12)20(19-14(11)26-7-2-1-3-7)10-4-8(21)9(25-10)5-24-27(16,22)23/h6-10,21H,1-5H2,(H2,15,17,18)(H2,16,22,23)/t8-,9+,10+/m0/s1. The van der Waals surface area contributed by atoms with Crippen LogP contribution in [-0.4, -0.2) is 57.3 Å². The van der Waals surface area contributed by atoms with E-state index < -0.39 is 28.7 Å². The summed E-state index contributed by atoms with van der Waals surface area (Å²) in [6, 6.07) is 0. The van der Waals surface area contributed by atoms with E-state index in [-0.39, 0.29) is 13.0 Å². The number of hydrogen-bond acceptors (Lipinski definition) is 10. The molecule has 27 heavy (non-hydrogen) atoms. The lowest BCUT2D eigenvalue weighted by Crippen LogP contribution is -2.30. The fourth-order valence-corrected chi connectivity index (χ4v) is 4.73. The lowest BCUT2D eigenvalue weighted by Gasteiger charge is -2.23. The number of nitrogen functional groups attached to an aromatic ring is 1. The maximum atomic E-state index is 11.0. The van der Waals surface area contributed by atoms with E-state index in [0.717, 1.165) is 17.9 Å². The third-order valence-corrected chi connectivity index (χ3v) is 6.47. The number of aliphatic hydroxyl groups is 1. The molecule has 2 aromatic rings. The van der Waals surface area contributed by atoms with Gasteiger partial charge in [-0.05, 0) is 12.8 Å². The molecule has 0 unspecified atom stereocenters. The average molecular weight is 416 g/mol. The van der Waals surface area contributed by atoms with Crippen LogP contribution in [0, 0.1) is 0 Å². The summed E-state index contributed by atoms with van der Waals surface area (Å²) in [7, 11) is -4.12. The first-order chi connectivity index (χ1) is 12.8. The molecule has 3 atom stereocenters. The molecular formula is C14H20N6O5S2. The monoisotopic (exact) mass is 416 g/mol. The first kappa shape index (κ1) is 18.8. The second-order valence-electron chi connectivity index (χ2n) is 6.59. The van der Waals surface area contributed by atoms with Crippen LogP contribution in [0.5, 0.6) is 0 Å². The van der Waals surface area contributed by atoms with Crippen LogP contribution in [0.25, 0.3) is 11.0 Å². The van der Waals surface area contributed by atoms with Crippen molar-refractivity contribution in [1.29, 1.82) is 0 Å². The number of fused-ring (bicyclic) bond motifs is 1. The number of hydrogen-bond donors (Lipinski definition) is 3. The minimum Gasteiger partial charge on any atom is -0.390 e. The van der Waals surface area contributed by atoms with Gasteiger partial charge in [-0.2, -0.15) is 13.5 Å². The van der Waals surface area contributed by atoms with Gasteiger partial charge in [0.1, 0.15) is 23.3 Å². The number of rotatable bonds is 6. The molecular weight excluding hydrogens is 396 g/mol. The number of nitrogens with two attached hydrogens (primary N) is 2. The Labute approximate surface area is 159 Å². The molecule has 0 spiro atoms. The van der Waals surface area contributed by atoms with E-state index in [1.165, 1.54) is 12.7 Å². The van der Waals surface area contributed by atoms with E-state index in [1.807, 2.05) is 0 Å². The molecule has 2 fully saturated rings. The zero-order valence-corrected chi connectivity index (χ0v) is 15.9. The van der Waals surface area contributed by atoms with Gasteiger partial charge in [0.2, 0.25) is 0 Å². The molecule has 2 aliphatic rings. The number of ether oxygens (including phenoxy) is 1. The maximum absolute atomic E-state index is 11.0. The number of anilines is 1. The van der Waals surface area contributed by atoms with Crippen molar-refractivity contribution in [1.82, 2.24) is 19.7 Å². The Morgan fingerprint density at radius 2 is 2.19 bits per heavy atom. The third kappa shape index (κ3) is 3.88. The first-order valence-electron chi connectivity index (χ1n) is 8.48. The molecule has 0 radical (unpaired) electrons. The van der Waals surface area contributed by atoms with E-state index in [4.69, 9.17) is 15.6 Å². The van der Waals surface area contributed by atoms with E-state index in [9.17, 15) is 13.5 Å². The second kappa shape index (κ2) is 7.14. The van der Waals surface area contributed by atoms with Gasteiger partial charge in [-0.15, -0.1) is 11.8 Å². The van der Waals surface area contributed by atoms with E-state index >= 15 is 0 Å². The van der Waals surface area contributed by atoms with Crippen molar-refractivity contribution in [3.63, 3.8) is 0 Å². The summed E-state index contributed by atoms with van der Waals surface area (Å²) >= 11 is 1.64. The van der Waals surface area contributed by atoms with Crippen LogP contribution in [0.3, 0.4) is 0 Å². The average Bonchev–Trinajstić information content (AvgIpc) is 3.10. The highest BCUT2D eigenvalue weighted by Gasteiger charge is 2.38. The maximum Gasteiger partial charge on any atom is 0.333 e. The molecule has 1 aliphatic carbocycles. The molecule has 0 amide bonds. The Morgan fingerprint density at radius 1 is 1.41 bits per heavy atom. The zero-order chi connectivity index (χ0) is 19.2. The first-order valence-corrected chi connectivity index (χ1v) is 10.8. The van der Waals surface area contributed by atoms with Crippen LogP contribution in [0.2, 0.25) is 0 Å². The smallest absolute Gasteiger partial charge is 0.333 e. The van der Waals surface area contributed by atoms with Gasteiger partial charge in [0.05, 0.1) is 18.1 Å². The van der Waals surface area contributed by atoms with Gasteiger partial charge in [0.15, 0.2) is 11.9 Å². The van der Waals surface area contributed by atoms with Crippen molar-refractivity contribution in [3.8, 4) is 0 Å². The lowest BCUT2D eigenvalue weighted by molar-refractivity contribution is -0.0415.